The Balaban J connectivity index is 1.64. The summed E-state index contributed by atoms with van der Waals surface area (Å²) in [6.07, 6.45) is 8.17. The van der Waals surface area contributed by atoms with Gasteiger partial charge >= 0.3 is 0 Å². The maximum Gasteiger partial charge on any atom is 0.247 e. The molecule has 1 N–H and O–H groups in total. The number of nitrogens with one attached hydrogen (secondary N) is 1. The number of ether oxygens (including phenoxy) is 1. The second-order valence-electron chi connectivity index (χ2n) is 5.22. The molecule has 0 spiro atoms. The third kappa shape index (κ3) is 3.32. The van der Waals surface area contributed by atoms with Crippen LogP contribution in [0, 0.1) is 0 Å². The number of aromatic nitrogens is 3. The third-order valence-electron chi connectivity index (χ3n) is 3.80. The van der Waals surface area contributed by atoms with Gasteiger partial charge in [-0.25, -0.2) is 0 Å². The molecule has 6 nitrogen and oxygen atoms in total. The van der Waals surface area contributed by atoms with E-state index in [1.165, 1.54) is 32.1 Å². The maximum absolute atomic E-state index is 5.34. The summed E-state index contributed by atoms with van der Waals surface area (Å²) in [5, 5.41) is 11.7. The highest BCUT2D eigenvalue weighted by Gasteiger charge is 2.17. The van der Waals surface area contributed by atoms with E-state index in [-0.39, 0.29) is 0 Å². The van der Waals surface area contributed by atoms with Gasteiger partial charge in [0.15, 0.2) is 5.82 Å². The van der Waals surface area contributed by atoms with Crippen LogP contribution in [-0.2, 0) is 4.74 Å². The van der Waals surface area contributed by atoms with Crippen LogP contribution >= 0.6 is 0 Å². The summed E-state index contributed by atoms with van der Waals surface area (Å²) in [6.45, 7) is 3.16. The molecule has 2 fully saturated rings. The van der Waals surface area contributed by atoms with Crippen LogP contribution in [0.25, 0.3) is 0 Å². The van der Waals surface area contributed by atoms with Gasteiger partial charge in [-0.05, 0) is 12.8 Å². The quantitative estimate of drug-likeness (QED) is 0.890. The van der Waals surface area contributed by atoms with Gasteiger partial charge in [-0.2, -0.15) is 10.1 Å². The van der Waals surface area contributed by atoms with Crippen molar-refractivity contribution in [2.45, 2.75) is 38.1 Å². The van der Waals surface area contributed by atoms with E-state index in [1.54, 1.807) is 6.20 Å². The second-order valence-corrected chi connectivity index (χ2v) is 5.22. The van der Waals surface area contributed by atoms with Gasteiger partial charge in [0.1, 0.15) is 0 Å². The molecule has 2 heterocycles. The molecule has 2 aliphatic rings. The highest BCUT2D eigenvalue weighted by molar-refractivity contribution is 5.39. The van der Waals surface area contributed by atoms with Gasteiger partial charge in [-0.1, -0.05) is 19.3 Å². The zero-order valence-electron chi connectivity index (χ0n) is 11.2. The fourth-order valence-corrected chi connectivity index (χ4v) is 2.72. The second kappa shape index (κ2) is 6.14. The summed E-state index contributed by atoms with van der Waals surface area (Å²) >= 11 is 0. The van der Waals surface area contributed by atoms with E-state index >= 15 is 0 Å². The Labute approximate surface area is 113 Å². The molecule has 1 saturated carbocycles. The normalized spacial score (nSPS) is 21.4. The van der Waals surface area contributed by atoms with Crippen LogP contribution in [0.3, 0.4) is 0 Å². The predicted molar refractivity (Wildman–Crippen MR) is 73.4 cm³/mol. The molecule has 104 valence electrons. The Bertz CT molecular complexity index is 402. The van der Waals surface area contributed by atoms with Crippen molar-refractivity contribution in [3.63, 3.8) is 0 Å². The summed E-state index contributed by atoms with van der Waals surface area (Å²) in [5.41, 5.74) is 0. The first-order chi connectivity index (χ1) is 9.42. The molecule has 0 atom stereocenters. The number of rotatable bonds is 3. The van der Waals surface area contributed by atoms with Crippen molar-refractivity contribution < 1.29 is 4.74 Å². The van der Waals surface area contributed by atoms with Crippen molar-refractivity contribution in [3.8, 4) is 0 Å². The number of anilines is 2. The molecule has 3 rings (SSSR count). The number of hydrogen-bond donors (Lipinski definition) is 1. The highest BCUT2D eigenvalue weighted by Crippen LogP contribution is 2.21. The van der Waals surface area contributed by atoms with Gasteiger partial charge in [0.05, 0.1) is 19.4 Å². The van der Waals surface area contributed by atoms with E-state index in [9.17, 15) is 0 Å². The minimum absolute atomic E-state index is 0.544. The summed E-state index contributed by atoms with van der Waals surface area (Å²) < 4.78 is 5.34. The molecular formula is C13H21N5O. The van der Waals surface area contributed by atoms with Gasteiger partial charge in [0, 0.05) is 19.1 Å². The molecule has 6 heteroatoms. The SMILES string of the molecule is c1nnc(N2CCOCC2)nc1NC1CCCCC1. The molecule has 0 unspecified atom stereocenters. The Kier molecular flexibility index (Phi) is 4.07. The first kappa shape index (κ1) is 12.6. The lowest BCUT2D eigenvalue weighted by molar-refractivity contribution is 0.122. The minimum atomic E-state index is 0.544. The van der Waals surface area contributed by atoms with Crippen LogP contribution in [-0.4, -0.2) is 47.5 Å². The summed E-state index contributed by atoms with van der Waals surface area (Å²) in [5.74, 6) is 1.56. The van der Waals surface area contributed by atoms with Crippen LogP contribution in [0.4, 0.5) is 11.8 Å². The third-order valence-corrected chi connectivity index (χ3v) is 3.80. The van der Waals surface area contributed by atoms with Crippen LogP contribution < -0.4 is 10.2 Å². The number of hydrogen-bond acceptors (Lipinski definition) is 6. The lowest BCUT2D eigenvalue weighted by atomic mass is 9.96. The van der Waals surface area contributed by atoms with Gasteiger partial charge in [0.2, 0.25) is 5.95 Å². The van der Waals surface area contributed by atoms with Crippen molar-refractivity contribution in [2.24, 2.45) is 0 Å². The molecule has 1 aliphatic carbocycles. The Hall–Kier alpha value is -1.43. The van der Waals surface area contributed by atoms with Crippen LogP contribution in [0.15, 0.2) is 6.20 Å². The molecule has 0 amide bonds. The van der Waals surface area contributed by atoms with Crippen molar-refractivity contribution in [2.75, 3.05) is 36.5 Å². The number of nitrogens with zero attached hydrogens (tertiary/aromatic N) is 4. The Morgan fingerprint density at radius 3 is 2.74 bits per heavy atom. The molecule has 1 aromatic heterocycles. The molecule has 0 aromatic carbocycles. The predicted octanol–water partition coefficient (Wildman–Crippen LogP) is 1.45. The molecule has 19 heavy (non-hydrogen) atoms. The topological polar surface area (TPSA) is 63.2 Å². The fourth-order valence-electron chi connectivity index (χ4n) is 2.72. The van der Waals surface area contributed by atoms with Crippen molar-refractivity contribution in [3.05, 3.63) is 6.20 Å². The zero-order valence-corrected chi connectivity index (χ0v) is 11.2. The van der Waals surface area contributed by atoms with E-state index in [0.29, 0.717) is 12.0 Å². The molecule has 1 saturated heterocycles. The van der Waals surface area contributed by atoms with Crippen molar-refractivity contribution >= 4 is 11.8 Å². The minimum Gasteiger partial charge on any atom is -0.378 e. The van der Waals surface area contributed by atoms with Crippen molar-refractivity contribution in [1.29, 1.82) is 0 Å². The molecule has 1 aliphatic heterocycles. The van der Waals surface area contributed by atoms with Crippen LogP contribution in [0.2, 0.25) is 0 Å². The van der Waals surface area contributed by atoms with Gasteiger partial charge in [-0.15, -0.1) is 5.10 Å². The largest absolute Gasteiger partial charge is 0.378 e. The van der Waals surface area contributed by atoms with E-state index < -0.39 is 0 Å². The summed E-state index contributed by atoms with van der Waals surface area (Å²) in [6, 6.07) is 0.544. The Morgan fingerprint density at radius 2 is 1.95 bits per heavy atom. The molecule has 1 aromatic rings. The van der Waals surface area contributed by atoms with Crippen LogP contribution in [0.5, 0.6) is 0 Å². The van der Waals surface area contributed by atoms with E-state index in [1.807, 2.05) is 0 Å². The van der Waals surface area contributed by atoms with Gasteiger partial charge < -0.3 is 15.0 Å². The van der Waals surface area contributed by atoms with Crippen LogP contribution in [0.1, 0.15) is 32.1 Å². The monoisotopic (exact) mass is 263 g/mol. The van der Waals surface area contributed by atoms with Gasteiger partial charge in [-0.3, -0.25) is 0 Å². The Morgan fingerprint density at radius 1 is 1.16 bits per heavy atom. The molecule has 0 bridgehead atoms. The van der Waals surface area contributed by atoms with Crippen molar-refractivity contribution in [1.82, 2.24) is 15.2 Å². The summed E-state index contributed by atoms with van der Waals surface area (Å²) in [7, 11) is 0. The average Bonchev–Trinajstić information content (AvgIpc) is 2.49. The van der Waals surface area contributed by atoms with Gasteiger partial charge in [0.25, 0.3) is 0 Å². The first-order valence-corrected chi connectivity index (χ1v) is 7.21. The smallest absolute Gasteiger partial charge is 0.247 e. The lowest BCUT2D eigenvalue weighted by Gasteiger charge is -2.27. The summed E-state index contributed by atoms with van der Waals surface area (Å²) in [4.78, 5) is 6.70. The number of morpholine rings is 1. The molecular weight excluding hydrogens is 242 g/mol. The van der Waals surface area contributed by atoms with E-state index in [4.69, 9.17) is 4.74 Å². The van der Waals surface area contributed by atoms with E-state index in [0.717, 1.165) is 32.1 Å². The maximum atomic E-state index is 5.34. The fraction of sp³-hybridized carbons (Fsp3) is 0.769. The zero-order chi connectivity index (χ0) is 12.9. The lowest BCUT2D eigenvalue weighted by Crippen LogP contribution is -2.37. The first-order valence-electron chi connectivity index (χ1n) is 7.21. The highest BCUT2D eigenvalue weighted by atomic mass is 16.5. The molecule has 0 radical (unpaired) electrons. The van der Waals surface area contributed by atoms with E-state index in [2.05, 4.69) is 25.4 Å². The average molecular weight is 263 g/mol. The standard InChI is InChI=1S/C13H21N5O/c1-2-4-11(5-3-1)15-12-10-14-17-13(16-12)18-6-8-19-9-7-18/h10-11H,1-9H2,(H,15,16,17).